The Kier molecular flexibility index (Phi) is 5.35. The number of rotatable bonds is 6. The summed E-state index contributed by atoms with van der Waals surface area (Å²) < 4.78 is 16.9. The highest BCUT2D eigenvalue weighted by atomic mass is 16.5. The van der Waals surface area contributed by atoms with Crippen molar-refractivity contribution < 1.29 is 19.0 Å². The average molecular weight is 355 g/mol. The molecule has 0 fully saturated rings. The summed E-state index contributed by atoms with van der Waals surface area (Å²) in [6.45, 7) is 6.87. The molecule has 3 rings (SSSR count). The third-order valence-electron chi connectivity index (χ3n) is 4.42. The van der Waals surface area contributed by atoms with Gasteiger partial charge in [0.25, 0.3) is 5.91 Å². The number of aryl methyl sites for hydroxylation is 1. The van der Waals surface area contributed by atoms with Gasteiger partial charge in [-0.2, -0.15) is 0 Å². The van der Waals surface area contributed by atoms with Gasteiger partial charge >= 0.3 is 0 Å². The van der Waals surface area contributed by atoms with Gasteiger partial charge < -0.3 is 19.5 Å². The van der Waals surface area contributed by atoms with E-state index in [2.05, 4.69) is 5.32 Å². The summed E-state index contributed by atoms with van der Waals surface area (Å²) in [6.07, 6.45) is 1.04. The molecule has 1 heterocycles. The van der Waals surface area contributed by atoms with E-state index in [4.69, 9.17) is 14.2 Å². The van der Waals surface area contributed by atoms with Gasteiger partial charge in [-0.3, -0.25) is 4.79 Å². The Morgan fingerprint density at radius 2 is 2.08 bits per heavy atom. The number of hydrogen-bond donors (Lipinski definition) is 1. The molecule has 1 N–H and O–H groups in total. The van der Waals surface area contributed by atoms with E-state index in [-0.39, 0.29) is 12.0 Å². The topological polar surface area (TPSA) is 56.8 Å². The van der Waals surface area contributed by atoms with Crippen LogP contribution in [0.3, 0.4) is 0 Å². The van der Waals surface area contributed by atoms with Crippen LogP contribution < -0.4 is 19.5 Å². The van der Waals surface area contributed by atoms with Crippen LogP contribution in [0, 0.1) is 6.92 Å². The third-order valence-corrected chi connectivity index (χ3v) is 4.42. The SMILES string of the molecule is CCOc1cc2c(cc1CNC(=O)c1cc(C)ccc1OC)O[C@H](C)C2. The molecule has 138 valence electrons. The number of carbonyl (C=O) groups is 1. The third kappa shape index (κ3) is 3.77. The monoisotopic (exact) mass is 355 g/mol. The smallest absolute Gasteiger partial charge is 0.255 e. The second-order valence-electron chi connectivity index (χ2n) is 6.52. The van der Waals surface area contributed by atoms with Gasteiger partial charge in [0.05, 0.1) is 19.3 Å². The molecule has 2 aromatic rings. The molecule has 0 unspecified atom stereocenters. The first kappa shape index (κ1) is 18.1. The van der Waals surface area contributed by atoms with Gasteiger partial charge in [0.2, 0.25) is 0 Å². The van der Waals surface area contributed by atoms with E-state index < -0.39 is 0 Å². The first-order valence-electron chi connectivity index (χ1n) is 8.90. The largest absolute Gasteiger partial charge is 0.496 e. The number of methoxy groups -OCH3 is 1. The van der Waals surface area contributed by atoms with Crippen LogP contribution in [0.25, 0.3) is 0 Å². The number of benzene rings is 2. The Morgan fingerprint density at radius 3 is 2.81 bits per heavy atom. The molecule has 26 heavy (non-hydrogen) atoms. The molecule has 1 aliphatic heterocycles. The first-order valence-corrected chi connectivity index (χ1v) is 8.90. The van der Waals surface area contributed by atoms with Gasteiger partial charge in [-0.1, -0.05) is 11.6 Å². The zero-order valence-corrected chi connectivity index (χ0v) is 15.7. The Morgan fingerprint density at radius 1 is 1.27 bits per heavy atom. The fourth-order valence-electron chi connectivity index (χ4n) is 3.18. The van der Waals surface area contributed by atoms with Crippen molar-refractivity contribution in [2.45, 2.75) is 39.8 Å². The van der Waals surface area contributed by atoms with Crippen LogP contribution >= 0.6 is 0 Å². The number of nitrogens with one attached hydrogen (secondary N) is 1. The highest BCUT2D eigenvalue weighted by Crippen LogP contribution is 2.35. The normalized spacial score (nSPS) is 15.2. The first-order chi connectivity index (χ1) is 12.5. The van der Waals surface area contributed by atoms with Crippen LogP contribution in [0.2, 0.25) is 0 Å². The lowest BCUT2D eigenvalue weighted by molar-refractivity contribution is 0.0947. The van der Waals surface area contributed by atoms with Gasteiger partial charge in [0.1, 0.15) is 23.4 Å². The minimum absolute atomic E-state index is 0.167. The molecule has 0 aromatic heterocycles. The molecular weight excluding hydrogens is 330 g/mol. The molecule has 1 atom stereocenters. The second-order valence-corrected chi connectivity index (χ2v) is 6.52. The van der Waals surface area contributed by atoms with E-state index in [0.29, 0.717) is 24.5 Å². The van der Waals surface area contributed by atoms with Crippen LogP contribution in [0.5, 0.6) is 17.2 Å². The summed E-state index contributed by atoms with van der Waals surface area (Å²) in [4.78, 5) is 12.6. The van der Waals surface area contributed by atoms with Crippen LogP contribution in [-0.4, -0.2) is 25.7 Å². The molecule has 0 bridgehead atoms. The van der Waals surface area contributed by atoms with Gasteiger partial charge in [0.15, 0.2) is 0 Å². The Bertz CT molecular complexity index is 816. The molecule has 0 spiro atoms. The van der Waals surface area contributed by atoms with E-state index in [0.717, 1.165) is 34.6 Å². The molecule has 0 aliphatic carbocycles. The molecule has 1 aliphatic rings. The fourth-order valence-corrected chi connectivity index (χ4v) is 3.18. The summed E-state index contributed by atoms with van der Waals surface area (Å²) in [6, 6.07) is 9.54. The predicted octanol–water partition coefficient (Wildman–Crippen LogP) is 3.66. The van der Waals surface area contributed by atoms with Crippen molar-refractivity contribution in [1.82, 2.24) is 5.32 Å². The van der Waals surface area contributed by atoms with E-state index in [9.17, 15) is 4.79 Å². The van der Waals surface area contributed by atoms with Crippen LogP contribution in [0.4, 0.5) is 0 Å². The van der Waals surface area contributed by atoms with Crippen LogP contribution in [0.15, 0.2) is 30.3 Å². The van der Waals surface area contributed by atoms with Crippen molar-refractivity contribution in [2.24, 2.45) is 0 Å². The minimum Gasteiger partial charge on any atom is -0.496 e. The standard InChI is InChI=1S/C21H25NO4/c1-5-25-19-10-15-9-14(3)26-20(15)11-16(19)12-22-21(23)17-8-13(2)6-7-18(17)24-4/h6-8,10-11,14H,5,9,12H2,1-4H3,(H,22,23)/t14-/m1/s1. The quantitative estimate of drug-likeness (QED) is 0.859. The Hall–Kier alpha value is -2.69. The van der Waals surface area contributed by atoms with Gasteiger partial charge in [-0.15, -0.1) is 0 Å². The minimum atomic E-state index is -0.178. The maximum absolute atomic E-state index is 12.6. The predicted molar refractivity (Wildman–Crippen MR) is 100 cm³/mol. The van der Waals surface area contributed by atoms with Crippen molar-refractivity contribution in [2.75, 3.05) is 13.7 Å². The van der Waals surface area contributed by atoms with E-state index in [1.54, 1.807) is 13.2 Å². The highest BCUT2D eigenvalue weighted by molar-refractivity contribution is 5.97. The van der Waals surface area contributed by atoms with E-state index in [1.807, 2.05) is 45.0 Å². The average Bonchev–Trinajstić information content (AvgIpc) is 2.98. The highest BCUT2D eigenvalue weighted by Gasteiger charge is 2.22. The van der Waals surface area contributed by atoms with Crippen molar-refractivity contribution in [3.8, 4) is 17.2 Å². The Balaban J connectivity index is 1.80. The molecule has 0 saturated carbocycles. The van der Waals surface area contributed by atoms with Crippen molar-refractivity contribution in [3.05, 3.63) is 52.6 Å². The molecular formula is C21H25NO4. The molecule has 2 aromatic carbocycles. The zero-order chi connectivity index (χ0) is 18.7. The van der Waals surface area contributed by atoms with Gasteiger partial charge in [-0.25, -0.2) is 0 Å². The summed E-state index contributed by atoms with van der Waals surface area (Å²) in [7, 11) is 1.56. The molecule has 0 saturated heterocycles. The van der Waals surface area contributed by atoms with Crippen molar-refractivity contribution in [1.29, 1.82) is 0 Å². The van der Waals surface area contributed by atoms with Crippen LogP contribution in [-0.2, 0) is 13.0 Å². The van der Waals surface area contributed by atoms with Gasteiger partial charge in [0, 0.05) is 24.1 Å². The van der Waals surface area contributed by atoms with Crippen LogP contribution in [0.1, 0.15) is 40.9 Å². The van der Waals surface area contributed by atoms with Gasteiger partial charge in [-0.05, 0) is 45.0 Å². The number of carbonyl (C=O) groups excluding carboxylic acids is 1. The number of ether oxygens (including phenoxy) is 3. The molecule has 1 amide bonds. The lowest BCUT2D eigenvalue weighted by Gasteiger charge is -2.14. The maximum atomic E-state index is 12.6. The lowest BCUT2D eigenvalue weighted by Crippen LogP contribution is -2.24. The molecule has 0 radical (unpaired) electrons. The van der Waals surface area contributed by atoms with E-state index in [1.165, 1.54) is 0 Å². The fraction of sp³-hybridized carbons (Fsp3) is 0.381. The number of hydrogen-bond acceptors (Lipinski definition) is 4. The van der Waals surface area contributed by atoms with E-state index >= 15 is 0 Å². The zero-order valence-electron chi connectivity index (χ0n) is 15.7. The Labute approximate surface area is 154 Å². The second kappa shape index (κ2) is 7.68. The number of amides is 1. The summed E-state index contributed by atoms with van der Waals surface area (Å²) in [5.41, 5.74) is 3.58. The number of fused-ring (bicyclic) bond motifs is 1. The maximum Gasteiger partial charge on any atom is 0.255 e. The summed E-state index contributed by atoms with van der Waals surface area (Å²) >= 11 is 0. The molecule has 5 nitrogen and oxygen atoms in total. The van der Waals surface area contributed by atoms with Crippen molar-refractivity contribution >= 4 is 5.91 Å². The summed E-state index contributed by atoms with van der Waals surface area (Å²) in [5, 5.41) is 2.96. The summed E-state index contributed by atoms with van der Waals surface area (Å²) in [5.74, 6) is 2.05. The van der Waals surface area contributed by atoms with Crippen molar-refractivity contribution in [3.63, 3.8) is 0 Å². The molecule has 5 heteroatoms. The lowest BCUT2D eigenvalue weighted by atomic mass is 10.1.